The second-order valence-corrected chi connectivity index (χ2v) is 21.7. The lowest BCUT2D eigenvalue weighted by Crippen LogP contribution is -2.63. The van der Waals surface area contributed by atoms with Gasteiger partial charge in [-0.15, -0.1) is 0 Å². The summed E-state index contributed by atoms with van der Waals surface area (Å²) in [4.78, 5) is 0. The van der Waals surface area contributed by atoms with Crippen molar-refractivity contribution in [2.75, 3.05) is 7.11 Å². The number of rotatable bonds is 10. The van der Waals surface area contributed by atoms with Crippen molar-refractivity contribution in [3.05, 3.63) is 0 Å². The third kappa shape index (κ3) is 7.16. The first-order valence-electron chi connectivity index (χ1n) is 13.6. The molecular formula is C26H53FO6Si2. The molecule has 2 aliphatic rings. The molecule has 2 fully saturated rings. The molecule has 2 saturated heterocycles. The number of methoxy groups -OCH3 is 1. The van der Waals surface area contributed by atoms with Gasteiger partial charge in [0.2, 0.25) is 6.36 Å². The lowest BCUT2D eigenvalue weighted by Gasteiger charge is -2.51. The second-order valence-electron chi connectivity index (χ2n) is 12.3. The van der Waals surface area contributed by atoms with Gasteiger partial charge in [-0.1, -0.05) is 41.5 Å². The molecule has 6 nitrogen and oxygen atoms in total. The van der Waals surface area contributed by atoms with Gasteiger partial charge in [0, 0.05) is 20.0 Å². The van der Waals surface area contributed by atoms with E-state index < -0.39 is 47.1 Å². The minimum absolute atomic E-state index is 0.0868. The van der Waals surface area contributed by atoms with Gasteiger partial charge in [0.15, 0.2) is 22.9 Å². The third-order valence-electron chi connectivity index (χ3n) is 8.80. The smallest absolute Gasteiger partial charge is 0.201 e. The Bertz CT molecular complexity index is 662. The Labute approximate surface area is 216 Å². The Morgan fingerprint density at radius 3 is 2.06 bits per heavy atom. The zero-order valence-corrected chi connectivity index (χ0v) is 26.4. The average molecular weight is 537 g/mol. The number of halogens is 1. The van der Waals surface area contributed by atoms with Gasteiger partial charge >= 0.3 is 0 Å². The second kappa shape index (κ2) is 11.9. The highest BCUT2D eigenvalue weighted by Gasteiger charge is 2.53. The molecule has 35 heavy (non-hydrogen) atoms. The monoisotopic (exact) mass is 536 g/mol. The van der Waals surface area contributed by atoms with Gasteiger partial charge in [0.1, 0.15) is 6.10 Å². The van der Waals surface area contributed by atoms with Gasteiger partial charge in [-0.3, -0.25) is 0 Å². The van der Waals surface area contributed by atoms with E-state index in [1.807, 2.05) is 20.8 Å². The van der Waals surface area contributed by atoms with E-state index in [-0.39, 0.29) is 29.8 Å². The summed E-state index contributed by atoms with van der Waals surface area (Å²) in [5, 5.41) is 0.0868. The molecule has 0 aromatic rings. The van der Waals surface area contributed by atoms with E-state index in [0.717, 1.165) is 18.1 Å². The lowest BCUT2D eigenvalue weighted by atomic mass is 9.89. The molecule has 0 aliphatic carbocycles. The van der Waals surface area contributed by atoms with Gasteiger partial charge in [0.05, 0.1) is 30.0 Å². The minimum Gasteiger partial charge on any atom is -0.409 e. The van der Waals surface area contributed by atoms with Crippen LogP contribution in [0.25, 0.3) is 0 Å². The van der Waals surface area contributed by atoms with Crippen LogP contribution in [0.5, 0.6) is 0 Å². The molecule has 2 heterocycles. The molecule has 0 amide bonds. The van der Waals surface area contributed by atoms with E-state index >= 15 is 0 Å². The standard InChI is InChI=1S/C26H53FO6Si2/c1-13-35(14-2,15-3)33-26(9)17-21(27)29-19(5)24(26)31-22-16-20(28-10)23(18(4)30-22)32-34(11,12)25(6,7)8/h18-24H,13-17H2,1-12H3/t18-,19+,20-,21-,22+,23-,24+,26+/m1/s1. The Morgan fingerprint density at radius 2 is 1.57 bits per heavy atom. The Balaban J connectivity index is 2.23. The predicted octanol–water partition coefficient (Wildman–Crippen LogP) is 6.80. The van der Waals surface area contributed by atoms with Crippen molar-refractivity contribution in [3.8, 4) is 0 Å². The first kappa shape index (κ1) is 31.3. The molecule has 2 aliphatic heterocycles. The zero-order valence-electron chi connectivity index (χ0n) is 24.4. The van der Waals surface area contributed by atoms with Gasteiger partial charge in [-0.2, -0.15) is 0 Å². The first-order valence-corrected chi connectivity index (χ1v) is 19.0. The summed E-state index contributed by atoms with van der Waals surface area (Å²) in [6, 6.07) is 2.97. The maximum Gasteiger partial charge on any atom is 0.201 e. The van der Waals surface area contributed by atoms with E-state index in [2.05, 4.69) is 54.6 Å². The van der Waals surface area contributed by atoms with Crippen molar-refractivity contribution in [2.24, 2.45) is 0 Å². The van der Waals surface area contributed by atoms with Crippen molar-refractivity contribution in [2.45, 2.75) is 160 Å². The molecule has 8 atom stereocenters. The van der Waals surface area contributed by atoms with Crippen LogP contribution in [0.15, 0.2) is 0 Å². The average Bonchev–Trinajstić information content (AvgIpc) is 2.75. The highest BCUT2D eigenvalue weighted by atomic mass is 28.4. The quantitative estimate of drug-likeness (QED) is 0.286. The molecular weight excluding hydrogens is 483 g/mol. The Hall–Kier alpha value is 0.124. The zero-order chi connectivity index (χ0) is 26.8. The van der Waals surface area contributed by atoms with Crippen LogP contribution in [0.1, 0.15) is 75.2 Å². The summed E-state index contributed by atoms with van der Waals surface area (Å²) in [7, 11) is -2.31. The Kier molecular flexibility index (Phi) is 10.6. The summed E-state index contributed by atoms with van der Waals surface area (Å²) in [6.45, 7) is 23.6. The molecule has 0 aromatic carbocycles. The van der Waals surface area contributed by atoms with Crippen LogP contribution in [0, 0.1) is 0 Å². The fourth-order valence-corrected chi connectivity index (χ4v) is 9.77. The van der Waals surface area contributed by atoms with Crippen molar-refractivity contribution < 1.29 is 32.2 Å². The fourth-order valence-electron chi connectivity index (χ4n) is 5.27. The van der Waals surface area contributed by atoms with E-state index in [9.17, 15) is 4.39 Å². The molecule has 9 heteroatoms. The third-order valence-corrected chi connectivity index (χ3v) is 18.0. The highest BCUT2D eigenvalue weighted by molar-refractivity contribution is 6.74. The van der Waals surface area contributed by atoms with Gasteiger partial charge in [-0.25, -0.2) is 4.39 Å². The molecule has 0 spiro atoms. The van der Waals surface area contributed by atoms with Crippen LogP contribution in [-0.2, 0) is 27.8 Å². The SMILES string of the molecule is CC[Si](CC)(CC)O[C@@]1(C)C[C@H](F)O[C@@H](C)[C@@H]1O[C@H]1C[C@@H](OC)[C@H](O[Si](C)(C)C(C)(C)C)[C@@H](C)O1. The van der Waals surface area contributed by atoms with Crippen molar-refractivity contribution in [3.63, 3.8) is 0 Å². The Morgan fingerprint density at radius 1 is 1.00 bits per heavy atom. The maximum absolute atomic E-state index is 14.6. The van der Waals surface area contributed by atoms with Crippen molar-refractivity contribution in [1.29, 1.82) is 0 Å². The summed E-state index contributed by atoms with van der Waals surface area (Å²) in [5.41, 5.74) is -0.783. The van der Waals surface area contributed by atoms with E-state index in [1.165, 1.54) is 0 Å². The number of hydrogen-bond acceptors (Lipinski definition) is 6. The van der Waals surface area contributed by atoms with E-state index in [4.69, 9.17) is 27.8 Å². The molecule has 0 bridgehead atoms. The van der Waals surface area contributed by atoms with Crippen LogP contribution in [-0.4, -0.2) is 72.5 Å². The van der Waals surface area contributed by atoms with Gasteiger partial charge in [0.25, 0.3) is 0 Å². The maximum atomic E-state index is 14.6. The largest absolute Gasteiger partial charge is 0.409 e. The van der Waals surface area contributed by atoms with Gasteiger partial charge in [-0.05, 0) is 57.0 Å². The molecule has 0 saturated carbocycles. The summed E-state index contributed by atoms with van der Waals surface area (Å²) < 4.78 is 52.7. The fraction of sp³-hybridized carbons (Fsp3) is 1.00. The van der Waals surface area contributed by atoms with Crippen molar-refractivity contribution >= 4 is 16.6 Å². The molecule has 0 radical (unpaired) electrons. The van der Waals surface area contributed by atoms with Crippen LogP contribution < -0.4 is 0 Å². The summed E-state index contributed by atoms with van der Waals surface area (Å²) in [5.74, 6) is 0. The first-order chi connectivity index (χ1) is 16.1. The molecule has 208 valence electrons. The molecule has 0 aromatic heterocycles. The lowest BCUT2D eigenvalue weighted by molar-refractivity contribution is -0.314. The van der Waals surface area contributed by atoms with E-state index in [0.29, 0.717) is 6.42 Å². The van der Waals surface area contributed by atoms with Crippen LogP contribution in [0.2, 0.25) is 36.3 Å². The van der Waals surface area contributed by atoms with Crippen molar-refractivity contribution in [1.82, 2.24) is 0 Å². The number of hydrogen-bond donors (Lipinski definition) is 0. The van der Waals surface area contributed by atoms with Crippen LogP contribution in [0.3, 0.4) is 0 Å². The van der Waals surface area contributed by atoms with Crippen LogP contribution in [0.4, 0.5) is 4.39 Å². The number of ether oxygens (including phenoxy) is 4. The normalized spacial score (nSPS) is 37.5. The van der Waals surface area contributed by atoms with E-state index in [1.54, 1.807) is 7.11 Å². The molecule has 0 unspecified atom stereocenters. The molecule has 0 N–H and O–H groups in total. The molecule has 2 rings (SSSR count). The minimum atomic E-state index is -2.02. The van der Waals surface area contributed by atoms with Crippen LogP contribution >= 0.6 is 0 Å². The topological polar surface area (TPSA) is 55.4 Å². The van der Waals surface area contributed by atoms with Gasteiger partial charge < -0.3 is 27.8 Å². The summed E-state index contributed by atoms with van der Waals surface area (Å²) in [6.07, 6.45) is -2.61. The highest BCUT2D eigenvalue weighted by Crippen LogP contribution is 2.43. The predicted molar refractivity (Wildman–Crippen MR) is 143 cm³/mol. The summed E-state index contributed by atoms with van der Waals surface area (Å²) >= 11 is 0. The number of alkyl halides is 1.